The molecule has 0 saturated carbocycles. The van der Waals surface area contributed by atoms with E-state index >= 15 is 0 Å². The second kappa shape index (κ2) is 6.12. The van der Waals surface area contributed by atoms with Gasteiger partial charge in [-0.15, -0.1) is 0 Å². The number of hydrogen-bond acceptors (Lipinski definition) is 5. The van der Waals surface area contributed by atoms with Gasteiger partial charge in [0.15, 0.2) is 5.16 Å². The number of carbonyl (C=O) groups excluding carboxylic acids is 2. The number of imide groups is 1. The monoisotopic (exact) mass is 327 g/mol. The molecule has 2 amide bonds. The summed E-state index contributed by atoms with van der Waals surface area (Å²) in [6.07, 6.45) is 1.83. The van der Waals surface area contributed by atoms with Gasteiger partial charge in [-0.3, -0.25) is 9.59 Å². The van der Waals surface area contributed by atoms with Crippen LogP contribution in [0.3, 0.4) is 0 Å². The first-order chi connectivity index (χ1) is 11.0. The predicted molar refractivity (Wildman–Crippen MR) is 89.4 cm³/mol. The van der Waals surface area contributed by atoms with Crippen LogP contribution in [0.2, 0.25) is 0 Å². The minimum atomic E-state index is -0.467. The number of aryl methyl sites for hydroxylation is 3. The minimum absolute atomic E-state index is 0.174. The van der Waals surface area contributed by atoms with Crippen molar-refractivity contribution >= 4 is 29.3 Å². The first-order valence-corrected chi connectivity index (χ1v) is 8.24. The van der Waals surface area contributed by atoms with Gasteiger partial charge in [0.05, 0.1) is 5.69 Å². The van der Waals surface area contributed by atoms with Gasteiger partial charge in [0.2, 0.25) is 11.8 Å². The molecular formula is C17H17N3O2S. The highest BCUT2D eigenvalue weighted by molar-refractivity contribution is 8.00. The van der Waals surface area contributed by atoms with E-state index in [2.05, 4.69) is 9.97 Å². The zero-order chi connectivity index (χ0) is 16.6. The van der Waals surface area contributed by atoms with Crippen molar-refractivity contribution in [3.8, 4) is 0 Å². The van der Waals surface area contributed by atoms with Crippen LogP contribution in [0.1, 0.15) is 23.2 Å². The summed E-state index contributed by atoms with van der Waals surface area (Å²) in [7, 11) is 0. The number of anilines is 1. The minimum Gasteiger partial charge on any atom is -0.274 e. The van der Waals surface area contributed by atoms with Crippen molar-refractivity contribution in [3.05, 3.63) is 47.3 Å². The van der Waals surface area contributed by atoms with Crippen LogP contribution in [-0.2, 0) is 9.59 Å². The van der Waals surface area contributed by atoms with Crippen LogP contribution in [0.25, 0.3) is 0 Å². The number of carbonyl (C=O) groups is 2. The molecule has 1 fully saturated rings. The van der Waals surface area contributed by atoms with Gasteiger partial charge in [0.1, 0.15) is 5.25 Å². The molecule has 2 aromatic rings. The summed E-state index contributed by atoms with van der Waals surface area (Å²) in [6.45, 7) is 5.84. The Morgan fingerprint density at radius 3 is 2.61 bits per heavy atom. The first-order valence-electron chi connectivity index (χ1n) is 7.36. The molecule has 1 aliphatic heterocycles. The molecule has 0 unspecified atom stereocenters. The Morgan fingerprint density at radius 2 is 1.91 bits per heavy atom. The van der Waals surface area contributed by atoms with Gasteiger partial charge in [0.25, 0.3) is 0 Å². The normalized spacial score (nSPS) is 17.9. The van der Waals surface area contributed by atoms with Crippen LogP contribution in [0.5, 0.6) is 0 Å². The van der Waals surface area contributed by atoms with Gasteiger partial charge in [0, 0.05) is 18.3 Å². The van der Waals surface area contributed by atoms with Crippen molar-refractivity contribution in [2.45, 2.75) is 37.6 Å². The lowest BCUT2D eigenvalue weighted by Crippen LogP contribution is -2.31. The van der Waals surface area contributed by atoms with Crippen molar-refractivity contribution in [2.75, 3.05) is 4.90 Å². The van der Waals surface area contributed by atoms with Gasteiger partial charge < -0.3 is 0 Å². The lowest BCUT2D eigenvalue weighted by molar-refractivity contribution is -0.121. The number of hydrogen-bond donors (Lipinski definition) is 0. The average Bonchev–Trinajstić information content (AvgIpc) is 2.77. The van der Waals surface area contributed by atoms with Gasteiger partial charge in [-0.1, -0.05) is 17.8 Å². The number of amides is 2. The highest BCUT2D eigenvalue weighted by Gasteiger charge is 2.40. The first kappa shape index (κ1) is 15.7. The maximum atomic E-state index is 12.6. The summed E-state index contributed by atoms with van der Waals surface area (Å²) in [5.41, 5.74) is 3.66. The zero-order valence-corrected chi connectivity index (χ0v) is 14.1. The Kier molecular flexibility index (Phi) is 4.17. The third kappa shape index (κ3) is 3.12. The summed E-state index contributed by atoms with van der Waals surface area (Å²) >= 11 is 1.25. The predicted octanol–water partition coefficient (Wildman–Crippen LogP) is 2.83. The molecule has 6 heteroatoms. The van der Waals surface area contributed by atoms with Crippen molar-refractivity contribution in [3.63, 3.8) is 0 Å². The summed E-state index contributed by atoms with van der Waals surface area (Å²) in [5.74, 6) is -0.378. The van der Waals surface area contributed by atoms with E-state index in [1.54, 1.807) is 12.3 Å². The molecule has 0 spiro atoms. The van der Waals surface area contributed by atoms with E-state index in [4.69, 9.17) is 0 Å². The fraction of sp³-hybridized carbons (Fsp3) is 0.294. The Bertz CT molecular complexity index is 791. The summed E-state index contributed by atoms with van der Waals surface area (Å²) in [6, 6.07) is 7.41. The average molecular weight is 327 g/mol. The Hall–Kier alpha value is -2.21. The lowest BCUT2D eigenvalue weighted by Gasteiger charge is -2.16. The molecule has 1 aromatic heterocycles. The fourth-order valence-electron chi connectivity index (χ4n) is 2.44. The SMILES string of the molecule is Cc1ccnc(S[C@H]2CC(=O)N(c3ccc(C)c(C)c3)C2=O)n1. The fourth-order valence-corrected chi connectivity index (χ4v) is 3.45. The van der Waals surface area contributed by atoms with E-state index in [-0.39, 0.29) is 18.2 Å². The number of nitrogens with zero attached hydrogens (tertiary/aromatic N) is 3. The third-order valence-corrected chi connectivity index (χ3v) is 4.93. The van der Waals surface area contributed by atoms with Crippen molar-refractivity contribution in [1.82, 2.24) is 9.97 Å². The highest BCUT2D eigenvalue weighted by atomic mass is 32.2. The third-order valence-electron chi connectivity index (χ3n) is 3.87. The molecule has 0 radical (unpaired) electrons. The van der Waals surface area contributed by atoms with Crippen molar-refractivity contribution < 1.29 is 9.59 Å². The summed E-state index contributed by atoms with van der Waals surface area (Å²) < 4.78 is 0. The van der Waals surface area contributed by atoms with Gasteiger partial charge in [-0.25, -0.2) is 14.9 Å². The molecule has 2 heterocycles. The smallest absolute Gasteiger partial charge is 0.247 e. The number of aromatic nitrogens is 2. The molecule has 0 N–H and O–H groups in total. The van der Waals surface area contributed by atoms with E-state index in [1.165, 1.54) is 16.7 Å². The van der Waals surface area contributed by atoms with Crippen LogP contribution >= 0.6 is 11.8 Å². The Labute approximate surface area is 139 Å². The van der Waals surface area contributed by atoms with Crippen molar-refractivity contribution in [1.29, 1.82) is 0 Å². The molecule has 0 aliphatic carbocycles. The standard InChI is InChI=1S/C17H17N3O2S/c1-10-4-5-13(8-11(10)2)20-15(21)9-14(16(20)22)23-17-18-7-6-12(3)19-17/h4-8,14H,9H2,1-3H3/t14-/m0/s1. The summed E-state index contributed by atoms with van der Waals surface area (Å²) in [4.78, 5) is 34.7. The van der Waals surface area contributed by atoms with E-state index in [9.17, 15) is 9.59 Å². The lowest BCUT2D eigenvalue weighted by atomic mass is 10.1. The maximum absolute atomic E-state index is 12.6. The van der Waals surface area contributed by atoms with Crippen LogP contribution in [0, 0.1) is 20.8 Å². The van der Waals surface area contributed by atoms with Gasteiger partial charge in [-0.05, 0) is 50.1 Å². The molecule has 23 heavy (non-hydrogen) atoms. The molecule has 118 valence electrons. The van der Waals surface area contributed by atoms with Crippen LogP contribution < -0.4 is 4.90 Å². The van der Waals surface area contributed by atoms with Crippen LogP contribution in [0.15, 0.2) is 35.6 Å². The molecule has 5 nitrogen and oxygen atoms in total. The van der Waals surface area contributed by atoms with Crippen LogP contribution in [0.4, 0.5) is 5.69 Å². The Balaban J connectivity index is 1.83. The van der Waals surface area contributed by atoms with Gasteiger partial charge >= 0.3 is 0 Å². The van der Waals surface area contributed by atoms with Crippen molar-refractivity contribution in [2.24, 2.45) is 0 Å². The second-order valence-corrected chi connectivity index (χ2v) is 6.80. The zero-order valence-electron chi connectivity index (χ0n) is 13.2. The van der Waals surface area contributed by atoms with Gasteiger partial charge in [-0.2, -0.15) is 0 Å². The number of benzene rings is 1. The molecule has 3 rings (SSSR count). The topological polar surface area (TPSA) is 63.2 Å². The van der Waals surface area contributed by atoms with E-state index in [0.717, 1.165) is 16.8 Å². The largest absolute Gasteiger partial charge is 0.274 e. The molecule has 1 aromatic carbocycles. The highest BCUT2D eigenvalue weighted by Crippen LogP contribution is 2.33. The number of thioether (sulfide) groups is 1. The molecular weight excluding hydrogens is 310 g/mol. The van der Waals surface area contributed by atoms with E-state index in [1.807, 2.05) is 39.0 Å². The molecule has 1 aliphatic rings. The quantitative estimate of drug-likeness (QED) is 0.641. The summed E-state index contributed by atoms with van der Waals surface area (Å²) in [5, 5.41) is 0.0593. The molecule has 1 atom stereocenters. The van der Waals surface area contributed by atoms with Crippen LogP contribution in [-0.4, -0.2) is 27.0 Å². The van der Waals surface area contributed by atoms with E-state index in [0.29, 0.717) is 10.8 Å². The molecule has 0 bridgehead atoms. The van der Waals surface area contributed by atoms with E-state index < -0.39 is 5.25 Å². The number of rotatable bonds is 3. The second-order valence-electron chi connectivity index (χ2n) is 5.63. The Morgan fingerprint density at radius 1 is 1.13 bits per heavy atom. The maximum Gasteiger partial charge on any atom is 0.247 e. The molecule has 1 saturated heterocycles.